The van der Waals surface area contributed by atoms with Gasteiger partial charge in [-0.2, -0.15) is 5.10 Å². The Morgan fingerprint density at radius 2 is 2.27 bits per heavy atom. The average molecular weight is 371 g/mol. The summed E-state index contributed by atoms with van der Waals surface area (Å²) in [5, 5.41) is 8.18. The van der Waals surface area contributed by atoms with Gasteiger partial charge >= 0.3 is 0 Å². The molecule has 1 aliphatic rings. The van der Waals surface area contributed by atoms with Gasteiger partial charge in [0.2, 0.25) is 0 Å². The molecule has 8 heteroatoms. The van der Waals surface area contributed by atoms with E-state index in [1.807, 2.05) is 18.2 Å². The van der Waals surface area contributed by atoms with Crippen LogP contribution in [0.1, 0.15) is 23.3 Å². The molecular formula is C18H21N5O2S. The van der Waals surface area contributed by atoms with Crippen LogP contribution in [0.4, 0.5) is 5.13 Å². The Morgan fingerprint density at radius 1 is 1.38 bits per heavy atom. The van der Waals surface area contributed by atoms with Gasteiger partial charge < -0.3 is 15.0 Å². The number of fused-ring (bicyclic) bond motifs is 1. The van der Waals surface area contributed by atoms with E-state index in [4.69, 9.17) is 9.72 Å². The first-order chi connectivity index (χ1) is 12.6. The minimum Gasteiger partial charge on any atom is -0.497 e. The molecule has 0 aliphatic carbocycles. The van der Waals surface area contributed by atoms with Crippen LogP contribution in [0, 0.1) is 0 Å². The van der Waals surface area contributed by atoms with Gasteiger partial charge in [0.25, 0.3) is 5.91 Å². The van der Waals surface area contributed by atoms with Crippen molar-refractivity contribution in [1.82, 2.24) is 20.1 Å². The number of nitrogens with one attached hydrogen (secondary N) is 1. The van der Waals surface area contributed by atoms with Crippen molar-refractivity contribution >= 4 is 32.6 Å². The molecule has 1 aromatic carbocycles. The summed E-state index contributed by atoms with van der Waals surface area (Å²) in [7, 11) is 3.44. The van der Waals surface area contributed by atoms with Crippen molar-refractivity contribution in [2.24, 2.45) is 7.05 Å². The molecule has 0 saturated carbocycles. The smallest absolute Gasteiger partial charge is 0.269 e. The molecule has 1 saturated heterocycles. The van der Waals surface area contributed by atoms with Crippen LogP contribution >= 0.6 is 11.3 Å². The van der Waals surface area contributed by atoms with Gasteiger partial charge in [0.1, 0.15) is 11.4 Å². The lowest BCUT2D eigenvalue weighted by Crippen LogP contribution is -2.48. The van der Waals surface area contributed by atoms with Gasteiger partial charge in [-0.1, -0.05) is 11.3 Å². The first-order valence-corrected chi connectivity index (χ1v) is 9.44. The van der Waals surface area contributed by atoms with Gasteiger partial charge in [0.05, 0.1) is 17.3 Å². The fraction of sp³-hybridized carbons (Fsp3) is 0.389. The number of aryl methyl sites for hydroxylation is 1. The molecule has 2 aromatic heterocycles. The van der Waals surface area contributed by atoms with Crippen LogP contribution < -0.4 is 15.0 Å². The quantitative estimate of drug-likeness (QED) is 0.763. The second-order valence-corrected chi connectivity index (χ2v) is 7.44. The van der Waals surface area contributed by atoms with Crippen LogP contribution in [0.2, 0.25) is 0 Å². The molecule has 136 valence electrons. The molecule has 1 amide bonds. The lowest BCUT2D eigenvalue weighted by atomic mass is 10.1. The van der Waals surface area contributed by atoms with Crippen LogP contribution in [0.15, 0.2) is 30.5 Å². The van der Waals surface area contributed by atoms with Gasteiger partial charge in [-0.25, -0.2) is 4.98 Å². The average Bonchev–Trinajstić information content (AvgIpc) is 3.27. The van der Waals surface area contributed by atoms with E-state index in [-0.39, 0.29) is 11.9 Å². The monoisotopic (exact) mass is 371 g/mol. The number of anilines is 1. The molecule has 1 fully saturated rings. The number of ether oxygens (including phenoxy) is 1. The molecule has 0 radical (unpaired) electrons. The van der Waals surface area contributed by atoms with E-state index < -0.39 is 0 Å². The maximum absolute atomic E-state index is 12.4. The van der Waals surface area contributed by atoms with Crippen molar-refractivity contribution in [2.45, 2.75) is 18.9 Å². The van der Waals surface area contributed by atoms with E-state index >= 15 is 0 Å². The van der Waals surface area contributed by atoms with E-state index in [0.29, 0.717) is 5.69 Å². The zero-order chi connectivity index (χ0) is 18.1. The van der Waals surface area contributed by atoms with Crippen LogP contribution in [0.25, 0.3) is 10.2 Å². The van der Waals surface area contributed by atoms with Gasteiger partial charge in [0, 0.05) is 38.4 Å². The third-order valence-electron chi connectivity index (χ3n) is 4.66. The normalized spacial score (nSPS) is 17.5. The fourth-order valence-electron chi connectivity index (χ4n) is 3.28. The number of aromatic nitrogens is 3. The van der Waals surface area contributed by atoms with Crippen LogP contribution in [-0.2, 0) is 7.05 Å². The lowest BCUT2D eigenvalue weighted by Gasteiger charge is -2.32. The van der Waals surface area contributed by atoms with Crippen LogP contribution in [0.5, 0.6) is 5.75 Å². The van der Waals surface area contributed by atoms with E-state index in [0.717, 1.165) is 47.0 Å². The van der Waals surface area contributed by atoms with Gasteiger partial charge in [0.15, 0.2) is 5.13 Å². The van der Waals surface area contributed by atoms with Gasteiger partial charge in [-0.15, -0.1) is 0 Å². The van der Waals surface area contributed by atoms with Crippen molar-refractivity contribution in [1.29, 1.82) is 0 Å². The van der Waals surface area contributed by atoms with E-state index in [1.54, 1.807) is 42.4 Å². The summed E-state index contributed by atoms with van der Waals surface area (Å²) in [6.45, 7) is 1.72. The Labute approximate surface area is 155 Å². The molecule has 4 rings (SSSR count). The third kappa shape index (κ3) is 3.24. The number of hydrogen-bond donors (Lipinski definition) is 1. The summed E-state index contributed by atoms with van der Waals surface area (Å²) in [4.78, 5) is 19.5. The summed E-state index contributed by atoms with van der Waals surface area (Å²) in [6, 6.07) is 7.79. The minimum atomic E-state index is -0.0779. The second kappa shape index (κ2) is 6.95. The molecule has 1 N–H and O–H groups in total. The highest BCUT2D eigenvalue weighted by Crippen LogP contribution is 2.32. The largest absolute Gasteiger partial charge is 0.497 e. The molecule has 3 heterocycles. The number of benzene rings is 1. The SMILES string of the molecule is COc1ccc2sc(N3CCCC(NC(=O)c4ccnn4C)C3)nc2c1. The summed E-state index contributed by atoms with van der Waals surface area (Å²) < 4.78 is 8.01. The van der Waals surface area contributed by atoms with Crippen LogP contribution in [-0.4, -0.2) is 46.9 Å². The zero-order valence-electron chi connectivity index (χ0n) is 14.8. The van der Waals surface area contributed by atoms with E-state index in [9.17, 15) is 4.79 Å². The summed E-state index contributed by atoms with van der Waals surface area (Å²) >= 11 is 1.68. The topological polar surface area (TPSA) is 72.3 Å². The number of rotatable bonds is 4. The molecule has 7 nitrogen and oxygen atoms in total. The van der Waals surface area contributed by atoms with Crippen molar-refractivity contribution in [3.63, 3.8) is 0 Å². The van der Waals surface area contributed by atoms with Crippen molar-refractivity contribution in [2.75, 3.05) is 25.1 Å². The van der Waals surface area contributed by atoms with Crippen molar-refractivity contribution < 1.29 is 9.53 Å². The Morgan fingerprint density at radius 3 is 3.04 bits per heavy atom. The molecule has 26 heavy (non-hydrogen) atoms. The maximum Gasteiger partial charge on any atom is 0.269 e. The summed E-state index contributed by atoms with van der Waals surface area (Å²) in [6.07, 6.45) is 3.63. The number of carbonyl (C=O) groups excluding carboxylic acids is 1. The highest BCUT2D eigenvalue weighted by molar-refractivity contribution is 7.22. The molecule has 1 aliphatic heterocycles. The number of carbonyl (C=O) groups is 1. The van der Waals surface area contributed by atoms with Gasteiger partial charge in [-0.3, -0.25) is 9.48 Å². The van der Waals surface area contributed by atoms with Crippen LogP contribution in [0.3, 0.4) is 0 Å². The summed E-state index contributed by atoms with van der Waals surface area (Å²) in [5.74, 6) is 0.736. The Bertz CT molecular complexity index is 935. The van der Waals surface area contributed by atoms with Gasteiger partial charge in [-0.05, 0) is 31.0 Å². The van der Waals surface area contributed by atoms with E-state index in [2.05, 4.69) is 15.3 Å². The number of methoxy groups -OCH3 is 1. The molecule has 0 spiro atoms. The third-order valence-corrected chi connectivity index (χ3v) is 5.76. The molecule has 1 atom stereocenters. The minimum absolute atomic E-state index is 0.0779. The van der Waals surface area contributed by atoms with E-state index in [1.165, 1.54) is 0 Å². The number of thiazole rings is 1. The maximum atomic E-state index is 12.4. The lowest BCUT2D eigenvalue weighted by molar-refractivity contribution is 0.0923. The first-order valence-electron chi connectivity index (χ1n) is 8.62. The predicted molar refractivity (Wildman–Crippen MR) is 102 cm³/mol. The second-order valence-electron chi connectivity index (χ2n) is 6.43. The predicted octanol–water partition coefficient (Wildman–Crippen LogP) is 2.44. The van der Waals surface area contributed by atoms with Crippen molar-refractivity contribution in [3.8, 4) is 5.75 Å². The molecule has 0 bridgehead atoms. The van der Waals surface area contributed by atoms with Crippen molar-refractivity contribution in [3.05, 3.63) is 36.2 Å². The Hall–Kier alpha value is -2.61. The molecular weight excluding hydrogens is 350 g/mol. The fourth-order valence-corrected chi connectivity index (χ4v) is 4.26. The molecule has 3 aromatic rings. The number of amides is 1. The number of hydrogen-bond acceptors (Lipinski definition) is 6. The Kier molecular flexibility index (Phi) is 4.50. The number of nitrogens with zero attached hydrogens (tertiary/aromatic N) is 4. The highest BCUT2D eigenvalue weighted by Gasteiger charge is 2.24. The number of piperidine rings is 1. The standard InChI is InChI=1S/C18H21N5O2S/c1-22-15(7-8-19-22)17(24)20-12-4-3-9-23(11-12)18-21-14-10-13(25-2)5-6-16(14)26-18/h5-8,10,12H,3-4,9,11H2,1-2H3,(H,20,24). The first kappa shape index (κ1) is 16.8. The highest BCUT2D eigenvalue weighted by atomic mass is 32.1. The Balaban J connectivity index is 1.48. The molecule has 1 unspecified atom stereocenters. The zero-order valence-corrected chi connectivity index (χ0v) is 15.6. The summed E-state index contributed by atoms with van der Waals surface area (Å²) in [5.41, 5.74) is 1.53.